The fourth-order valence-electron chi connectivity index (χ4n) is 1.66. The van der Waals surface area contributed by atoms with Crippen LogP contribution in [0.1, 0.15) is 25.7 Å². The molecule has 1 fully saturated rings. The summed E-state index contributed by atoms with van der Waals surface area (Å²) in [5.41, 5.74) is 0. The highest BCUT2D eigenvalue weighted by Gasteiger charge is 2.20. The van der Waals surface area contributed by atoms with Gasteiger partial charge in [0.2, 0.25) is 0 Å². The highest BCUT2D eigenvalue weighted by Crippen LogP contribution is 2.26. The van der Waals surface area contributed by atoms with Gasteiger partial charge in [0.25, 0.3) is 0 Å². The van der Waals surface area contributed by atoms with Gasteiger partial charge in [0.15, 0.2) is 0 Å². The Bertz CT molecular complexity index is 303. The normalized spacial score (nSPS) is 31.3. The van der Waals surface area contributed by atoms with Gasteiger partial charge in [-0.3, -0.25) is 0 Å². The highest BCUT2D eigenvalue weighted by atomic mass is 32.2. The van der Waals surface area contributed by atoms with E-state index in [0.29, 0.717) is 25.3 Å². The van der Waals surface area contributed by atoms with E-state index in [2.05, 4.69) is 4.36 Å². The molecule has 15 heavy (non-hydrogen) atoms. The van der Waals surface area contributed by atoms with Crippen LogP contribution in [0.25, 0.3) is 0 Å². The van der Waals surface area contributed by atoms with E-state index in [1.807, 2.05) is 0 Å². The van der Waals surface area contributed by atoms with E-state index in [0.717, 1.165) is 12.8 Å². The average Bonchev–Trinajstić information content (AvgIpc) is 2.17. The maximum absolute atomic E-state index is 12.9. The van der Waals surface area contributed by atoms with Crippen molar-refractivity contribution in [1.82, 2.24) is 4.31 Å². The molecule has 0 aliphatic heterocycles. The van der Waals surface area contributed by atoms with Gasteiger partial charge >= 0.3 is 0 Å². The van der Waals surface area contributed by atoms with Gasteiger partial charge in [0.05, 0.1) is 6.54 Å². The second-order valence-corrected chi connectivity index (χ2v) is 7.02. The number of alkyl halides is 1. The van der Waals surface area contributed by atoms with Crippen LogP contribution in [-0.4, -0.2) is 41.6 Å². The largest absolute Gasteiger partial charge is 0.247 e. The molecule has 1 atom stereocenters. The zero-order valence-electron chi connectivity index (χ0n) is 9.78. The molecule has 1 aliphatic carbocycles. The minimum atomic E-state index is -2.20. The summed E-state index contributed by atoms with van der Waals surface area (Å²) < 4.78 is 30.6. The number of halogens is 1. The molecule has 0 heterocycles. The van der Waals surface area contributed by atoms with Gasteiger partial charge in [-0.1, -0.05) is 0 Å². The maximum Gasteiger partial charge on any atom is 0.106 e. The summed E-state index contributed by atoms with van der Waals surface area (Å²) >= 11 is 0. The SMILES string of the molecule is CN(C)S(C)(=O)=NCC1CCC(F)CC1. The van der Waals surface area contributed by atoms with Crippen LogP contribution in [-0.2, 0) is 9.92 Å². The van der Waals surface area contributed by atoms with E-state index in [1.54, 1.807) is 24.7 Å². The summed E-state index contributed by atoms with van der Waals surface area (Å²) in [4.78, 5) is 0. The predicted molar refractivity (Wildman–Crippen MR) is 61.9 cm³/mol. The first-order chi connectivity index (χ1) is 6.92. The molecular formula is C10H21FN2OS. The summed E-state index contributed by atoms with van der Waals surface area (Å²) in [5.74, 6) is 0.428. The number of hydrogen-bond acceptors (Lipinski definition) is 2. The highest BCUT2D eigenvalue weighted by molar-refractivity contribution is 7.90. The number of hydrogen-bond donors (Lipinski definition) is 0. The van der Waals surface area contributed by atoms with Crippen LogP contribution in [0.2, 0.25) is 0 Å². The van der Waals surface area contributed by atoms with Crippen molar-refractivity contribution in [3.8, 4) is 0 Å². The van der Waals surface area contributed by atoms with Gasteiger partial charge in [-0.25, -0.2) is 17.3 Å². The first kappa shape index (κ1) is 12.9. The van der Waals surface area contributed by atoms with E-state index in [1.165, 1.54) is 0 Å². The Labute approximate surface area is 92.4 Å². The van der Waals surface area contributed by atoms with Crippen molar-refractivity contribution in [3.63, 3.8) is 0 Å². The second kappa shape index (κ2) is 5.25. The Morgan fingerprint density at radius 1 is 1.33 bits per heavy atom. The Hall–Kier alpha value is -0.160. The van der Waals surface area contributed by atoms with Gasteiger partial charge in [0.1, 0.15) is 16.1 Å². The van der Waals surface area contributed by atoms with Gasteiger partial charge < -0.3 is 0 Å². The molecular weight excluding hydrogens is 215 g/mol. The molecule has 0 N–H and O–H groups in total. The molecule has 0 aromatic carbocycles. The molecule has 0 saturated heterocycles. The number of rotatable bonds is 3. The molecule has 0 amide bonds. The first-order valence-corrected chi connectivity index (χ1v) is 7.29. The van der Waals surface area contributed by atoms with Crippen molar-refractivity contribution < 1.29 is 8.60 Å². The molecule has 5 heteroatoms. The summed E-state index contributed by atoms with van der Waals surface area (Å²) in [5, 5.41) is 0. The summed E-state index contributed by atoms with van der Waals surface area (Å²) in [7, 11) is 1.34. The third kappa shape index (κ3) is 4.07. The van der Waals surface area contributed by atoms with Gasteiger partial charge in [-0.15, -0.1) is 0 Å². The minimum Gasteiger partial charge on any atom is -0.247 e. The van der Waals surface area contributed by atoms with Crippen molar-refractivity contribution in [2.24, 2.45) is 10.3 Å². The van der Waals surface area contributed by atoms with Gasteiger partial charge in [-0.2, -0.15) is 0 Å². The van der Waals surface area contributed by atoms with Crippen LogP contribution < -0.4 is 0 Å². The Morgan fingerprint density at radius 2 is 1.87 bits per heavy atom. The van der Waals surface area contributed by atoms with Crippen LogP contribution in [0, 0.1) is 5.92 Å². The third-order valence-electron chi connectivity index (χ3n) is 3.03. The van der Waals surface area contributed by atoms with Crippen molar-refractivity contribution >= 4 is 9.92 Å². The molecule has 3 nitrogen and oxygen atoms in total. The zero-order valence-corrected chi connectivity index (χ0v) is 10.6. The molecule has 1 unspecified atom stereocenters. The van der Waals surface area contributed by atoms with Crippen LogP contribution >= 0.6 is 0 Å². The van der Waals surface area contributed by atoms with E-state index >= 15 is 0 Å². The molecule has 1 rings (SSSR count). The van der Waals surface area contributed by atoms with Crippen molar-refractivity contribution in [2.45, 2.75) is 31.9 Å². The molecule has 0 aromatic rings. The zero-order chi connectivity index (χ0) is 11.5. The quantitative estimate of drug-likeness (QED) is 0.738. The van der Waals surface area contributed by atoms with Gasteiger partial charge in [0, 0.05) is 20.4 Å². The van der Waals surface area contributed by atoms with Crippen LogP contribution in [0.15, 0.2) is 4.36 Å². The molecule has 1 aliphatic rings. The van der Waals surface area contributed by atoms with Gasteiger partial charge in [-0.05, 0) is 31.6 Å². The first-order valence-electron chi connectivity index (χ1n) is 5.41. The van der Waals surface area contributed by atoms with E-state index in [-0.39, 0.29) is 0 Å². The standard InChI is InChI=1S/C10H21FN2OS/c1-13(2)15(3,14)12-8-9-4-6-10(11)7-5-9/h9-10H,4-8H2,1-3H3. The molecule has 0 radical (unpaired) electrons. The lowest BCUT2D eigenvalue weighted by molar-refractivity contribution is 0.211. The lowest BCUT2D eigenvalue weighted by Crippen LogP contribution is -2.23. The van der Waals surface area contributed by atoms with E-state index in [4.69, 9.17) is 0 Å². The Morgan fingerprint density at radius 3 is 2.33 bits per heavy atom. The predicted octanol–water partition coefficient (Wildman–Crippen LogP) is 2.09. The fraction of sp³-hybridized carbons (Fsp3) is 1.00. The van der Waals surface area contributed by atoms with Crippen molar-refractivity contribution in [2.75, 3.05) is 26.9 Å². The monoisotopic (exact) mass is 236 g/mol. The fourth-order valence-corrected chi connectivity index (χ4v) is 2.38. The smallest absolute Gasteiger partial charge is 0.106 e. The summed E-state index contributed by atoms with van der Waals surface area (Å²) in [6.07, 6.45) is 4.08. The van der Waals surface area contributed by atoms with Crippen LogP contribution in [0.5, 0.6) is 0 Å². The molecule has 0 aromatic heterocycles. The summed E-state index contributed by atoms with van der Waals surface area (Å²) in [6.45, 7) is 0.611. The lowest BCUT2D eigenvalue weighted by Gasteiger charge is -2.23. The molecule has 90 valence electrons. The van der Waals surface area contributed by atoms with E-state index in [9.17, 15) is 8.60 Å². The van der Waals surface area contributed by atoms with E-state index < -0.39 is 16.1 Å². The van der Waals surface area contributed by atoms with Crippen molar-refractivity contribution in [3.05, 3.63) is 0 Å². The number of nitrogens with zero attached hydrogens (tertiary/aromatic N) is 2. The minimum absolute atomic E-state index is 0.428. The van der Waals surface area contributed by atoms with Crippen LogP contribution in [0.4, 0.5) is 4.39 Å². The Kier molecular flexibility index (Phi) is 4.52. The lowest BCUT2D eigenvalue weighted by atomic mass is 9.88. The maximum atomic E-state index is 12.9. The second-order valence-electron chi connectivity index (χ2n) is 4.50. The Balaban J connectivity index is 2.47. The average molecular weight is 236 g/mol. The third-order valence-corrected chi connectivity index (χ3v) is 5.01. The molecule has 0 bridgehead atoms. The summed E-state index contributed by atoms with van der Waals surface area (Å²) in [6, 6.07) is 0. The van der Waals surface area contributed by atoms with Crippen molar-refractivity contribution in [1.29, 1.82) is 0 Å². The molecule has 1 saturated carbocycles. The topological polar surface area (TPSA) is 32.7 Å². The van der Waals surface area contributed by atoms with Crippen LogP contribution in [0.3, 0.4) is 0 Å². The molecule has 0 spiro atoms.